The van der Waals surface area contributed by atoms with Gasteiger partial charge in [-0.15, -0.1) is 0 Å². The summed E-state index contributed by atoms with van der Waals surface area (Å²) in [6.07, 6.45) is 0. The predicted molar refractivity (Wildman–Crippen MR) is 74.4 cm³/mol. The second-order valence-corrected chi connectivity index (χ2v) is 5.45. The van der Waals surface area contributed by atoms with E-state index >= 15 is 0 Å². The summed E-state index contributed by atoms with van der Waals surface area (Å²) in [5.74, 6) is 1.87. The SMILES string of the molecule is CCN(CC)C(=O)C(C)NC1=NCC(C)CS1. The Morgan fingerprint density at radius 3 is 2.71 bits per heavy atom. The number of thioether (sulfide) groups is 1. The lowest BCUT2D eigenvalue weighted by Crippen LogP contribution is -2.46. The number of hydrogen-bond donors (Lipinski definition) is 1. The molecule has 0 saturated carbocycles. The van der Waals surface area contributed by atoms with Crippen molar-refractivity contribution in [1.82, 2.24) is 10.2 Å². The van der Waals surface area contributed by atoms with Gasteiger partial charge in [0.1, 0.15) is 6.04 Å². The highest BCUT2D eigenvalue weighted by molar-refractivity contribution is 8.13. The molecule has 1 aliphatic heterocycles. The molecule has 1 rings (SSSR count). The average molecular weight is 257 g/mol. The second kappa shape index (κ2) is 6.89. The van der Waals surface area contributed by atoms with Gasteiger partial charge < -0.3 is 10.2 Å². The Bertz CT molecular complexity index is 289. The molecule has 0 aromatic carbocycles. The van der Waals surface area contributed by atoms with Crippen molar-refractivity contribution in [2.45, 2.75) is 33.7 Å². The number of amidine groups is 1. The summed E-state index contributed by atoms with van der Waals surface area (Å²) in [7, 11) is 0. The summed E-state index contributed by atoms with van der Waals surface area (Å²) in [5, 5.41) is 4.12. The zero-order chi connectivity index (χ0) is 12.8. The number of hydrogen-bond acceptors (Lipinski definition) is 4. The van der Waals surface area contributed by atoms with E-state index in [0.717, 1.165) is 30.6 Å². The van der Waals surface area contributed by atoms with Gasteiger partial charge in [0.15, 0.2) is 5.17 Å². The van der Waals surface area contributed by atoms with E-state index in [9.17, 15) is 4.79 Å². The standard InChI is InChI=1S/C12H23N3OS/c1-5-15(6-2)11(16)10(4)14-12-13-7-9(3)8-17-12/h9-10H,5-8H2,1-4H3,(H,13,14). The molecule has 1 amide bonds. The van der Waals surface area contributed by atoms with Crippen molar-refractivity contribution in [3.8, 4) is 0 Å². The van der Waals surface area contributed by atoms with E-state index in [1.54, 1.807) is 11.8 Å². The zero-order valence-electron chi connectivity index (χ0n) is 11.2. The van der Waals surface area contributed by atoms with Crippen molar-refractivity contribution >= 4 is 22.8 Å². The van der Waals surface area contributed by atoms with Gasteiger partial charge in [-0.2, -0.15) is 0 Å². The fraction of sp³-hybridized carbons (Fsp3) is 0.833. The van der Waals surface area contributed by atoms with Crippen LogP contribution in [0.25, 0.3) is 0 Å². The number of nitrogens with one attached hydrogen (secondary N) is 1. The molecule has 1 aliphatic rings. The smallest absolute Gasteiger partial charge is 0.244 e. The van der Waals surface area contributed by atoms with Crippen molar-refractivity contribution in [3.05, 3.63) is 0 Å². The Morgan fingerprint density at radius 2 is 2.24 bits per heavy atom. The first kappa shape index (κ1) is 14.4. The van der Waals surface area contributed by atoms with Gasteiger partial charge in [0, 0.05) is 25.4 Å². The van der Waals surface area contributed by atoms with Gasteiger partial charge in [0.25, 0.3) is 0 Å². The summed E-state index contributed by atoms with van der Waals surface area (Å²) >= 11 is 1.71. The van der Waals surface area contributed by atoms with Gasteiger partial charge in [-0.1, -0.05) is 18.7 Å². The molecule has 0 spiro atoms. The second-order valence-electron chi connectivity index (χ2n) is 4.44. The van der Waals surface area contributed by atoms with E-state index in [1.807, 2.05) is 25.7 Å². The first-order valence-corrected chi connectivity index (χ1v) is 7.29. The lowest BCUT2D eigenvalue weighted by molar-refractivity contribution is -0.132. The molecule has 0 saturated heterocycles. The Balaban J connectivity index is 2.48. The normalized spacial score (nSPS) is 21.6. The minimum atomic E-state index is -0.186. The van der Waals surface area contributed by atoms with Crippen molar-refractivity contribution < 1.29 is 4.79 Å². The Labute approximate surface area is 108 Å². The maximum absolute atomic E-state index is 12.0. The largest absolute Gasteiger partial charge is 0.353 e. The van der Waals surface area contributed by atoms with E-state index in [1.165, 1.54) is 0 Å². The highest BCUT2D eigenvalue weighted by atomic mass is 32.2. The van der Waals surface area contributed by atoms with Crippen molar-refractivity contribution in [2.75, 3.05) is 25.4 Å². The van der Waals surface area contributed by atoms with E-state index in [4.69, 9.17) is 0 Å². The lowest BCUT2D eigenvalue weighted by atomic mass is 10.2. The topological polar surface area (TPSA) is 44.7 Å². The summed E-state index contributed by atoms with van der Waals surface area (Å²) in [5.41, 5.74) is 0. The van der Waals surface area contributed by atoms with Crippen LogP contribution in [-0.4, -0.2) is 47.4 Å². The number of likely N-dealkylation sites (N-methyl/N-ethyl adjacent to an activating group) is 1. The van der Waals surface area contributed by atoms with Crippen LogP contribution >= 0.6 is 11.8 Å². The Morgan fingerprint density at radius 1 is 1.59 bits per heavy atom. The third kappa shape index (κ3) is 4.22. The van der Waals surface area contributed by atoms with Crippen LogP contribution in [0.1, 0.15) is 27.7 Å². The van der Waals surface area contributed by atoms with E-state index in [-0.39, 0.29) is 11.9 Å². The summed E-state index contributed by atoms with van der Waals surface area (Å²) in [6, 6.07) is -0.186. The van der Waals surface area contributed by atoms with Gasteiger partial charge in [-0.25, -0.2) is 0 Å². The van der Waals surface area contributed by atoms with Crippen LogP contribution in [0.15, 0.2) is 4.99 Å². The Hall–Kier alpha value is -0.710. The molecule has 4 nitrogen and oxygen atoms in total. The lowest BCUT2D eigenvalue weighted by Gasteiger charge is -2.25. The minimum Gasteiger partial charge on any atom is -0.353 e. The number of nitrogens with zero attached hydrogens (tertiary/aromatic N) is 2. The number of carbonyl (C=O) groups excluding carboxylic acids is 1. The molecule has 1 N–H and O–H groups in total. The zero-order valence-corrected chi connectivity index (χ0v) is 12.0. The third-order valence-electron chi connectivity index (χ3n) is 2.84. The highest BCUT2D eigenvalue weighted by Crippen LogP contribution is 2.16. The maximum Gasteiger partial charge on any atom is 0.244 e. The van der Waals surface area contributed by atoms with Crippen molar-refractivity contribution in [1.29, 1.82) is 0 Å². The van der Waals surface area contributed by atoms with E-state index in [0.29, 0.717) is 5.92 Å². The molecule has 0 fully saturated rings. The molecule has 5 heteroatoms. The van der Waals surface area contributed by atoms with Crippen LogP contribution in [-0.2, 0) is 4.79 Å². The monoisotopic (exact) mass is 257 g/mol. The van der Waals surface area contributed by atoms with Gasteiger partial charge in [0.05, 0.1) is 0 Å². The van der Waals surface area contributed by atoms with Gasteiger partial charge in [-0.3, -0.25) is 9.79 Å². The molecular weight excluding hydrogens is 234 g/mol. The molecule has 2 unspecified atom stereocenters. The van der Waals surface area contributed by atoms with Gasteiger partial charge >= 0.3 is 0 Å². The van der Waals surface area contributed by atoms with Crippen LogP contribution in [0.2, 0.25) is 0 Å². The molecule has 1 heterocycles. The minimum absolute atomic E-state index is 0.150. The van der Waals surface area contributed by atoms with E-state index in [2.05, 4.69) is 17.2 Å². The molecule has 2 atom stereocenters. The first-order valence-electron chi connectivity index (χ1n) is 6.31. The Kier molecular flexibility index (Phi) is 5.82. The third-order valence-corrected chi connectivity index (χ3v) is 4.09. The number of carbonyl (C=O) groups is 1. The van der Waals surface area contributed by atoms with Crippen molar-refractivity contribution in [3.63, 3.8) is 0 Å². The first-order chi connectivity index (χ1) is 8.08. The van der Waals surface area contributed by atoms with Crippen LogP contribution in [0.3, 0.4) is 0 Å². The fourth-order valence-corrected chi connectivity index (χ4v) is 2.68. The average Bonchev–Trinajstić information content (AvgIpc) is 2.33. The van der Waals surface area contributed by atoms with E-state index < -0.39 is 0 Å². The van der Waals surface area contributed by atoms with Gasteiger partial charge in [0.2, 0.25) is 5.91 Å². The summed E-state index contributed by atoms with van der Waals surface area (Å²) in [4.78, 5) is 18.3. The number of aliphatic imine (C=N–C) groups is 1. The molecule has 98 valence electrons. The van der Waals surface area contributed by atoms with Crippen LogP contribution in [0.5, 0.6) is 0 Å². The number of rotatable bonds is 4. The fourth-order valence-electron chi connectivity index (χ4n) is 1.70. The van der Waals surface area contributed by atoms with Gasteiger partial charge in [-0.05, 0) is 26.7 Å². The molecule has 0 aromatic heterocycles. The summed E-state index contributed by atoms with van der Waals surface area (Å²) < 4.78 is 0. The maximum atomic E-state index is 12.0. The van der Waals surface area contributed by atoms with Crippen LogP contribution in [0, 0.1) is 5.92 Å². The molecule has 17 heavy (non-hydrogen) atoms. The molecular formula is C12H23N3OS. The predicted octanol–water partition coefficient (Wildman–Crippen LogP) is 1.57. The molecule has 0 bridgehead atoms. The summed E-state index contributed by atoms with van der Waals surface area (Å²) in [6.45, 7) is 10.5. The molecule has 0 radical (unpaired) electrons. The van der Waals surface area contributed by atoms with Crippen molar-refractivity contribution in [2.24, 2.45) is 10.9 Å². The molecule has 0 aliphatic carbocycles. The quantitative estimate of drug-likeness (QED) is 0.831. The number of amides is 1. The van der Waals surface area contributed by atoms with Crippen LogP contribution in [0.4, 0.5) is 0 Å². The van der Waals surface area contributed by atoms with Crippen LogP contribution < -0.4 is 5.32 Å². The molecule has 0 aromatic rings. The highest BCUT2D eigenvalue weighted by Gasteiger charge is 2.20.